The van der Waals surface area contributed by atoms with Crippen LogP contribution in [0.3, 0.4) is 0 Å². The molecule has 0 bridgehead atoms. The molecule has 2 N–H and O–H groups in total. The number of nitrogens with one attached hydrogen (secondary N) is 2. The summed E-state index contributed by atoms with van der Waals surface area (Å²) in [5.41, 5.74) is 2.60. The fraction of sp³-hybridized carbons (Fsp3) is 0.462. The molecular weight excluding hydrogens is 198 g/mol. The number of hydrogen-bond donors (Lipinski definition) is 2. The molecular formula is C13H19N3. The van der Waals surface area contributed by atoms with Gasteiger partial charge in [-0.05, 0) is 32.0 Å². The molecule has 0 aliphatic carbocycles. The topological polar surface area (TPSA) is 36.4 Å². The predicted octanol–water partition coefficient (Wildman–Crippen LogP) is 1.19. The van der Waals surface area contributed by atoms with Crippen LogP contribution in [0.4, 0.5) is 0 Å². The summed E-state index contributed by atoms with van der Waals surface area (Å²) in [7, 11) is 1.99. The quantitative estimate of drug-likeness (QED) is 0.727. The van der Waals surface area contributed by atoms with Crippen molar-refractivity contribution in [3.63, 3.8) is 0 Å². The predicted molar refractivity (Wildman–Crippen MR) is 68.1 cm³/mol. The summed E-state index contributed by atoms with van der Waals surface area (Å²) >= 11 is 0. The highest BCUT2D eigenvalue weighted by atomic mass is 15.1. The van der Waals surface area contributed by atoms with Gasteiger partial charge in [-0.25, -0.2) is 0 Å². The van der Waals surface area contributed by atoms with Crippen LogP contribution < -0.4 is 10.6 Å². The van der Waals surface area contributed by atoms with Crippen LogP contribution in [-0.2, 0) is 6.42 Å². The number of hydrogen-bond acceptors (Lipinski definition) is 3. The summed E-state index contributed by atoms with van der Waals surface area (Å²) in [6.07, 6.45) is 2.33. The van der Waals surface area contributed by atoms with Gasteiger partial charge in [-0.1, -0.05) is 24.3 Å². The molecule has 16 heavy (non-hydrogen) atoms. The van der Waals surface area contributed by atoms with E-state index in [1.807, 2.05) is 7.05 Å². The number of nitrogens with zero attached hydrogens (tertiary/aromatic N) is 1. The van der Waals surface area contributed by atoms with E-state index in [-0.39, 0.29) is 0 Å². The number of benzene rings is 1. The number of rotatable bonds is 5. The van der Waals surface area contributed by atoms with Crippen molar-refractivity contribution in [2.45, 2.75) is 12.8 Å². The first-order valence-corrected chi connectivity index (χ1v) is 5.92. The minimum Gasteiger partial charge on any atom is -0.368 e. The second kappa shape index (κ2) is 5.66. The molecule has 1 aromatic carbocycles. The Kier molecular flexibility index (Phi) is 3.94. The maximum atomic E-state index is 4.41. The summed E-state index contributed by atoms with van der Waals surface area (Å²) in [5.74, 6) is 1.04. The van der Waals surface area contributed by atoms with E-state index in [4.69, 9.17) is 0 Å². The summed E-state index contributed by atoms with van der Waals surface area (Å²) in [6.45, 7) is 2.95. The number of aryl methyl sites for hydroxylation is 1. The Labute approximate surface area is 97.0 Å². The lowest BCUT2D eigenvalue weighted by atomic mass is 10.1. The lowest BCUT2D eigenvalue weighted by molar-refractivity contribution is 0.725. The van der Waals surface area contributed by atoms with Crippen molar-refractivity contribution in [3.05, 3.63) is 35.4 Å². The Hall–Kier alpha value is -1.35. The van der Waals surface area contributed by atoms with Gasteiger partial charge >= 0.3 is 0 Å². The minimum absolute atomic E-state index is 0.902. The molecule has 0 aromatic heterocycles. The molecule has 0 saturated heterocycles. The Balaban J connectivity index is 1.93. The average Bonchev–Trinajstić information content (AvgIpc) is 2.84. The molecule has 0 saturated carbocycles. The maximum absolute atomic E-state index is 4.41. The summed E-state index contributed by atoms with van der Waals surface area (Å²) in [4.78, 5) is 4.41. The fourth-order valence-electron chi connectivity index (χ4n) is 1.89. The number of aliphatic imine (C=N–C) groups is 1. The average molecular weight is 217 g/mol. The highest BCUT2D eigenvalue weighted by Gasteiger charge is 2.06. The van der Waals surface area contributed by atoms with E-state index in [1.165, 1.54) is 17.5 Å². The van der Waals surface area contributed by atoms with Crippen LogP contribution in [0, 0.1) is 0 Å². The normalized spacial score (nSPS) is 14.7. The van der Waals surface area contributed by atoms with Crippen LogP contribution in [0.1, 0.15) is 17.5 Å². The van der Waals surface area contributed by atoms with Crippen LogP contribution in [0.25, 0.3) is 0 Å². The van der Waals surface area contributed by atoms with Crippen molar-refractivity contribution in [1.29, 1.82) is 0 Å². The Morgan fingerprint density at radius 1 is 1.31 bits per heavy atom. The van der Waals surface area contributed by atoms with Gasteiger partial charge in [0.25, 0.3) is 0 Å². The second-order valence-electron chi connectivity index (χ2n) is 4.06. The van der Waals surface area contributed by atoms with Gasteiger partial charge in [0, 0.05) is 12.1 Å². The van der Waals surface area contributed by atoms with Crippen molar-refractivity contribution < 1.29 is 0 Å². The summed E-state index contributed by atoms with van der Waals surface area (Å²) in [6, 6.07) is 8.72. The van der Waals surface area contributed by atoms with E-state index in [0.29, 0.717) is 0 Å². The first kappa shape index (κ1) is 11.1. The molecule has 1 heterocycles. The molecule has 3 nitrogen and oxygen atoms in total. The smallest absolute Gasteiger partial charge is 0.128 e. The molecule has 86 valence electrons. The van der Waals surface area contributed by atoms with Gasteiger partial charge in [-0.15, -0.1) is 0 Å². The largest absolute Gasteiger partial charge is 0.368 e. The lowest BCUT2D eigenvalue weighted by Gasteiger charge is -2.04. The monoisotopic (exact) mass is 217 g/mol. The zero-order valence-corrected chi connectivity index (χ0v) is 9.79. The zero-order chi connectivity index (χ0) is 11.2. The van der Waals surface area contributed by atoms with Crippen molar-refractivity contribution in [2.24, 2.45) is 4.99 Å². The molecule has 0 radical (unpaired) electrons. The Morgan fingerprint density at radius 3 is 2.75 bits per heavy atom. The Bertz CT molecular complexity index is 354. The van der Waals surface area contributed by atoms with Gasteiger partial charge < -0.3 is 10.6 Å². The van der Waals surface area contributed by atoms with Crippen LogP contribution in [0.5, 0.6) is 0 Å². The highest BCUT2D eigenvalue weighted by molar-refractivity contribution is 5.99. The van der Waals surface area contributed by atoms with Crippen molar-refractivity contribution >= 4 is 5.84 Å². The van der Waals surface area contributed by atoms with Crippen LogP contribution in [-0.4, -0.2) is 32.5 Å². The van der Waals surface area contributed by atoms with Crippen molar-refractivity contribution in [2.75, 3.05) is 26.7 Å². The highest BCUT2D eigenvalue weighted by Crippen LogP contribution is 2.08. The maximum Gasteiger partial charge on any atom is 0.128 e. The van der Waals surface area contributed by atoms with E-state index in [0.717, 1.165) is 31.9 Å². The van der Waals surface area contributed by atoms with Crippen molar-refractivity contribution in [1.82, 2.24) is 10.6 Å². The molecule has 0 fully saturated rings. The molecule has 1 aliphatic rings. The van der Waals surface area contributed by atoms with Crippen molar-refractivity contribution in [3.8, 4) is 0 Å². The molecule has 0 unspecified atom stereocenters. The van der Waals surface area contributed by atoms with E-state index >= 15 is 0 Å². The van der Waals surface area contributed by atoms with Gasteiger partial charge in [0.2, 0.25) is 0 Å². The van der Waals surface area contributed by atoms with Crippen LogP contribution in [0.15, 0.2) is 29.3 Å². The van der Waals surface area contributed by atoms with Gasteiger partial charge in [0.05, 0.1) is 6.54 Å². The SMILES string of the molecule is CNCCCc1ccc(C2=NCCN2)cc1. The van der Waals surface area contributed by atoms with Gasteiger partial charge in [-0.2, -0.15) is 0 Å². The molecule has 2 rings (SSSR count). The van der Waals surface area contributed by atoms with Gasteiger partial charge in [-0.3, -0.25) is 4.99 Å². The van der Waals surface area contributed by atoms with E-state index in [1.54, 1.807) is 0 Å². The third kappa shape index (κ3) is 2.83. The first-order valence-electron chi connectivity index (χ1n) is 5.92. The molecule has 1 aromatic rings. The Morgan fingerprint density at radius 2 is 2.12 bits per heavy atom. The van der Waals surface area contributed by atoms with E-state index < -0.39 is 0 Å². The van der Waals surface area contributed by atoms with E-state index in [2.05, 4.69) is 39.9 Å². The minimum atomic E-state index is 0.902. The van der Waals surface area contributed by atoms with Gasteiger partial charge in [0.1, 0.15) is 5.84 Å². The zero-order valence-electron chi connectivity index (χ0n) is 9.79. The molecule has 0 atom stereocenters. The second-order valence-corrected chi connectivity index (χ2v) is 4.06. The summed E-state index contributed by atoms with van der Waals surface area (Å²) < 4.78 is 0. The van der Waals surface area contributed by atoms with Crippen LogP contribution >= 0.6 is 0 Å². The first-order chi connectivity index (χ1) is 7.90. The van der Waals surface area contributed by atoms with Crippen LogP contribution in [0.2, 0.25) is 0 Å². The molecule has 3 heteroatoms. The molecule has 0 spiro atoms. The van der Waals surface area contributed by atoms with Gasteiger partial charge in [0.15, 0.2) is 0 Å². The third-order valence-corrected chi connectivity index (χ3v) is 2.79. The number of amidine groups is 1. The summed E-state index contributed by atoms with van der Waals surface area (Å²) in [5, 5.41) is 6.45. The standard InChI is InChI=1S/C13H19N3/c1-14-8-2-3-11-4-6-12(7-5-11)13-15-9-10-16-13/h4-7,14H,2-3,8-10H2,1H3,(H,15,16). The third-order valence-electron chi connectivity index (χ3n) is 2.79. The lowest BCUT2D eigenvalue weighted by Crippen LogP contribution is -2.19. The fourth-order valence-corrected chi connectivity index (χ4v) is 1.89. The van der Waals surface area contributed by atoms with E-state index in [9.17, 15) is 0 Å². The molecule has 0 amide bonds. The molecule has 1 aliphatic heterocycles.